The second-order valence-electron chi connectivity index (χ2n) is 6.42. The molecular weight excluding hydrogens is 444 g/mol. The van der Waals surface area contributed by atoms with Crippen LogP contribution in [0, 0.1) is 0 Å². The van der Waals surface area contributed by atoms with Gasteiger partial charge in [0, 0.05) is 24.1 Å². The van der Waals surface area contributed by atoms with E-state index in [1.54, 1.807) is 30.0 Å². The third kappa shape index (κ3) is 4.82. The first-order valence-corrected chi connectivity index (χ1v) is 12.9. The summed E-state index contributed by atoms with van der Waals surface area (Å²) in [5.74, 6) is -0.110. The Balaban J connectivity index is 2.07. The van der Waals surface area contributed by atoms with E-state index in [1.165, 1.54) is 42.7 Å². The topological polar surface area (TPSA) is 94.8 Å². The molecule has 0 fully saturated rings. The van der Waals surface area contributed by atoms with Crippen LogP contribution in [0.3, 0.4) is 0 Å². The number of thioether (sulfide) groups is 1. The van der Waals surface area contributed by atoms with Gasteiger partial charge in [-0.15, -0.1) is 0 Å². The first kappa shape index (κ1) is 22.3. The zero-order valence-corrected chi connectivity index (χ0v) is 19.1. The first-order chi connectivity index (χ1) is 14.2. The predicted octanol–water partition coefficient (Wildman–Crippen LogP) is 3.00. The van der Waals surface area contributed by atoms with E-state index in [9.17, 15) is 18.0 Å². The van der Waals surface area contributed by atoms with Gasteiger partial charge in [0.05, 0.1) is 27.8 Å². The highest BCUT2D eigenvalue weighted by Crippen LogP contribution is 2.22. The van der Waals surface area contributed by atoms with E-state index < -0.39 is 21.7 Å². The highest BCUT2D eigenvalue weighted by molar-refractivity contribution is 7.98. The summed E-state index contributed by atoms with van der Waals surface area (Å²) in [5, 5.41) is 0. The van der Waals surface area contributed by atoms with Gasteiger partial charge in [-0.05, 0) is 48.7 Å². The number of aryl methyl sites for hydroxylation is 1. The second kappa shape index (κ2) is 9.15. The fourth-order valence-corrected chi connectivity index (χ4v) is 4.97. The molecule has 0 saturated carbocycles. The summed E-state index contributed by atoms with van der Waals surface area (Å²) in [7, 11) is -2.04. The Morgan fingerprint density at radius 2 is 1.80 bits per heavy atom. The highest BCUT2D eigenvalue weighted by atomic mass is 32.2. The summed E-state index contributed by atoms with van der Waals surface area (Å²) in [4.78, 5) is 29.2. The van der Waals surface area contributed by atoms with Gasteiger partial charge in [-0.2, -0.15) is 16.8 Å². The molecule has 0 bridgehead atoms. The summed E-state index contributed by atoms with van der Waals surface area (Å²) in [5.41, 5.74) is 1.52. The molecule has 0 saturated heterocycles. The Labute approximate surface area is 182 Å². The van der Waals surface area contributed by atoms with Crippen molar-refractivity contribution in [3.63, 3.8) is 0 Å². The fourth-order valence-electron chi connectivity index (χ4n) is 2.79. The Hall–Kier alpha value is -2.43. The number of carbonyl (C=O) groups is 2. The first-order valence-electron chi connectivity index (χ1n) is 8.84. The van der Waals surface area contributed by atoms with Crippen LogP contribution >= 0.6 is 23.1 Å². The monoisotopic (exact) mass is 464 g/mol. The van der Waals surface area contributed by atoms with Gasteiger partial charge >= 0.3 is 5.97 Å². The number of fused-ring (bicyclic) bond motifs is 1. The number of nitrogens with zero attached hydrogens (tertiary/aromatic N) is 2. The minimum absolute atomic E-state index is 0.226. The van der Waals surface area contributed by atoms with E-state index in [1.807, 2.05) is 10.8 Å². The number of thiazole rings is 1. The predicted molar refractivity (Wildman–Crippen MR) is 119 cm³/mol. The van der Waals surface area contributed by atoms with Gasteiger partial charge in [0.25, 0.3) is 5.91 Å². The van der Waals surface area contributed by atoms with Crippen LogP contribution in [0.15, 0.2) is 52.4 Å². The number of aromatic nitrogens is 1. The van der Waals surface area contributed by atoms with Gasteiger partial charge < -0.3 is 9.30 Å². The SMILES string of the molecule is COC(=O)c1ccc(C(=O)N=c2sc3cc(S(C)(=O)=O)ccc3n2CCSC)cc1. The summed E-state index contributed by atoms with van der Waals surface area (Å²) < 4.78 is 31.1. The molecule has 3 rings (SSSR count). The number of hydrogen-bond acceptors (Lipinski definition) is 7. The van der Waals surface area contributed by atoms with Crippen LogP contribution in [0.25, 0.3) is 10.2 Å². The summed E-state index contributed by atoms with van der Waals surface area (Å²) in [6.45, 7) is 0.632. The molecule has 1 heterocycles. The quantitative estimate of drug-likeness (QED) is 0.521. The summed E-state index contributed by atoms with van der Waals surface area (Å²) in [6, 6.07) is 11.0. The molecule has 10 heteroatoms. The molecule has 0 N–H and O–H groups in total. The Kier molecular flexibility index (Phi) is 6.79. The third-order valence-electron chi connectivity index (χ3n) is 4.35. The number of methoxy groups -OCH3 is 1. The Bertz CT molecular complexity index is 1270. The minimum atomic E-state index is -3.34. The maximum absolute atomic E-state index is 12.7. The van der Waals surface area contributed by atoms with Crippen molar-refractivity contribution >= 4 is 55.0 Å². The largest absolute Gasteiger partial charge is 0.465 e. The van der Waals surface area contributed by atoms with Crippen LogP contribution in [0.2, 0.25) is 0 Å². The molecule has 0 aliphatic rings. The summed E-state index contributed by atoms with van der Waals surface area (Å²) >= 11 is 2.93. The molecule has 30 heavy (non-hydrogen) atoms. The van der Waals surface area contributed by atoms with Crippen LogP contribution in [-0.2, 0) is 21.1 Å². The average Bonchev–Trinajstić information content (AvgIpc) is 3.07. The average molecular weight is 465 g/mol. The number of carbonyl (C=O) groups excluding carboxylic acids is 2. The lowest BCUT2D eigenvalue weighted by molar-refractivity contribution is 0.0600. The number of ether oxygens (including phenoxy) is 1. The van der Waals surface area contributed by atoms with Crippen molar-refractivity contribution in [2.75, 3.05) is 25.4 Å². The Morgan fingerprint density at radius 3 is 2.40 bits per heavy atom. The standard InChI is InChI=1S/C20H20N2O5S3/c1-27-19(24)14-6-4-13(5-7-14)18(23)21-20-22(10-11-28-2)16-9-8-15(30(3,25)26)12-17(16)29-20/h4-9,12H,10-11H2,1-3H3. The van der Waals surface area contributed by atoms with Gasteiger partial charge in [-0.3, -0.25) is 4.79 Å². The van der Waals surface area contributed by atoms with Crippen molar-refractivity contribution < 1.29 is 22.7 Å². The molecule has 0 aliphatic heterocycles. The van der Waals surface area contributed by atoms with E-state index in [0.29, 0.717) is 22.5 Å². The molecule has 0 aliphatic carbocycles. The van der Waals surface area contributed by atoms with E-state index in [-0.39, 0.29) is 4.90 Å². The van der Waals surface area contributed by atoms with Gasteiger partial charge in [0.15, 0.2) is 14.6 Å². The van der Waals surface area contributed by atoms with Gasteiger partial charge in [-0.25, -0.2) is 13.2 Å². The second-order valence-corrected chi connectivity index (χ2v) is 10.4. The van der Waals surface area contributed by atoms with Gasteiger partial charge in [0.2, 0.25) is 0 Å². The van der Waals surface area contributed by atoms with Crippen LogP contribution in [0.4, 0.5) is 0 Å². The van der Waals surface area contributed by atoms with Crippen LogP contribution < -0.4 is 4.80 Å². The van der Waals surface area contributed by atoms with Crippen molar-refractivity contribution in [2.24, 2.45) is 4.99 Å². The normalized spacial score (nSPS) is 12.3. The zero-order chi connectivity index (χ0) is 21.9. The van der Waals surface area contributed by atoms with Crippen molar-refractivity contribution in [3.05, 3.63) is 58.4 Å². The maximum atomic E-state index is 12.7. The smallest absolute Gasteiger partial charge is 0.337 e. The molecule has 158 valence electrons. The highest BCUT2D eigenvalue weighted by Gasteiger charge is 2.14. The number of benzene rings is 2. The molecule has 0 unspecified atom stereocenters. The number of esters is 1. The lowest BCUT2D eigenvalue weighted by atomic mass is 10.1. The molecule has 1 aromatic heterocycles. The Morgan fingerprint density at radius 1 is 1.13 bits per heavy atom. The minimum Gasteiger partial charge on any atom is -0.465 e. The van der Waals surface area contributed by atoms with Crippen LogP contribution in [0.1, 0.15) is 20.7 Å². The fraction of sp³-hybridized carbons (Fsp3) is 0.250. The van der Waals surface area contributed by atoms with Crippen molar-refractivity contribution in [2.45, 2.75) is 11.4 Å². The number of hydrogen-bond donors (Lipinski definition) is 0. The lowest BCUT2D eigenvalue weighted by Crippen LogP contribution is -2.18. The van der Waals surface area contributed by atoms with E-state index >= 15 is 0 Å². The molecule has 3 aromatic rings. The van der Waals surface area contributed by atoms with E-state index in [0.717, 1.165) is 22.2 Å². The van der Waals surface area contributed by atoms with Crippen molar-refractivity contribution in [1.29, 1.82) is 0 Å². The van der Waals surface area contributed by atoms with Crippen LogP contribution in [0.5, 0.6) is 0 Å². The molecular formula is C20H20N2O5S3. The van der Waals surface area contributed by atoms with Crippen molar-refractivity contribution in [1.82, 2.24) is 4.57 Å². The number of sulfone groups is 1. The van der Waals surface area contributed by atoms with Gasteiger partial charge in [0.1, 0.15) is 0 Å². The third-order valence-corrected chi connectivity index (χ3v) is 7.09. The molecule has 2 aromatic carbocycles. The van der Waals surface area contributed by atoms with E-state index in [4.69, 9.17) is 0 Å². The van der Waals surface area contributed by atoms with Crippen LogP contribution in [-0.4, -0.2) is 50.2 Å². The molecule has 1 amide bonds. The number of amides is 1. The number of rotatable bonds is 6. The van der Waals surface area contributed by atoms with Gasteiger partial charge in [-0.1, -0.05) is 11.3 Å². The van der Waals surface area contributed by atoms with Crippen molar-refractivity contribution in [3.8, 4) is 0 Å². The van der Waals surface area contributed by atoms with E-state index in [2.05, 4.69) is 9.73 Å². The molecule has 0 atom stereocenters. The maximum Gasteiger partial charge on any atom is 0.337 e. The molecule has 0 spiro atoms. The zero-order valence-electron chi connectivity index (χ0n) is 16.6. The molecule has 0 radical (unpaired) electrons. The summed E-state index contributed by atoms with van der Waals surface area (Å²) in [6.07, 6.45) is 3.15. The lowest BCUT2D eigenvalue weighted by Gasteiger charge is -2.04. The molecule has 7 nitrogen and oxygen atoms in total.